The minimum absolute atomic E-state index is 0.268. The van der Waals surface area contributed by atoms with Gasteiger partial charge in [-0.3, -0.25) is 9.69 Å². The van der Waals surface area contributed by atoms with E-state index in [1.165, 1.54) is 50.5 Å². The number of urea groups is 1. The first kappa shape index (κ1) is 29.6. The number of carbonyl (C=O) groups is 1. The lowest BCUT2D eigenvalue weighted by atomic mass is 10.1. The van der Waals surface area contributed by atoms with Gasteiger partial charge in [0.15, 0.2) is 5.82 Å². The zero-order valence-electron chi connectivity index (χ0n) is 24.8. The van der Waals surface area contributed by atoms with Gasteiger partial charge in [0.1, 0.15) is 28.6 Å². The van der Waals surface area contributed by atoms with Crippen LogP contribution in [0.15, 0.2) is 65.5 Å². The molecule has 1 aliphatic rings. The van der Waals surface area contributed by atoms with Crippen molar-refractivity contribution in [2.24, 2.45) is 0 Å². The highest BCUT2D eigenvalue weighted by molar-refractivity contribution is 6.03. The number of fused-ring (bicyclic) bond motifs is 1. The molecule has 0 bridgehead atoms. The van der Waals surface area contributed by atoms with Crippen LogP contribution in [0.3, 0.4) is 0 Å². The number of nitrogens with one attached hydrogen (secondary N) is 1. The number of hydrogen-bond acceptors (Lipinski definition) is 8. The Balaban J connectivity index is 1.71. The van der Waals surface area contributed by atoms with E-state index in [2.05, 4.69) is 10.2 Å². The van der Waals surface area contributed by atoms with E-state index in [4.69, 9.17) is 19.2 Å². The number of amides is 2. The van der Waals surface area contributed by atoms with Gasteiger partial charge in [-0.2, -0.15) is 0 Å². The number of nitrogens with zero attached hydrogens (tertiary/aromatic N) is 5. The van der Waals surface area contributed by atoms with Crippen molar-refractivity contribution in [1.82, 2.24) is 14.6 Å². The molecule has 1 aliphatic heterocycles. The van der Waals surface area contributed by atoms with Crippen LogP contribution in [-0.4, -0.2) is 75.1 Å². The highest BCUT2D eigenvalue weighted by Crippen LogP contribution is 2.37. The molecular weight excluding hydrogens is 555 g/mol. The van der Waals surface area contributed by atoms with Gasteiger partial charge in [0.05, 0.1) is 38.4 Å². The van der Waals surface area contributed by atoms with Crippen LogP contribution in [0.5, 0.6) is 17.2 Å². The average Bonchev–Trinajstić information content (AvgIpc) is 3.02. The summed E-state index contributed by atoms with van der Waals surface area (Å²) < 4.78 is 31.8. The molecule has 1 atom stereocenters. The summed E-state index contributed by atoms with van der Waals surface area (Å²) in [7, 11) is 6.59. The van der Waals surface area contributed by atoms with Gasteiger partial charge < -0.3 is 29.4 Å². The molecule has 3 aromatic carbocycles. The van der Waals surface area contributed by atoms with E-state index in [1.54, 1.807) is 48.0 Å². The smallest absolute Gasteiger partial charge is 0.327 e. The molecular formula is C31H35FN6O5. The fourth-order valence-electron chi connectivity index (χ4n) is 5.20. The third-order valence-corrected chi connectivity index (χ3v) is 7.57. The summed E-state index contributed by atoms with van der Waals surface area (Å²) in [5.41, 5.74) is 0.925. The molecule has 0 saturated carbocycles. The Hall–Kier alpha value is -4.84. The molecule has 12 heteroatoms. The molecule has 0 aliphatic carbocycles. The first-order valence-corrected chi connectivity index (χ1v) is 13.9. The zero-order chi connectivity index (χ0) is 30.7. The van der Waals surface area contributed by atoms with Gasteiger partial charge in [0.2, 0.25) is 0 Å². The van der Waals surface area contributed by atoms with Gasteiger partial charge in [-0.25, -0.2) is 18.8 Å². The lowest BCUT2D eigenvalue weighted by molar-refractivity contribution is 0.253. The summed E-state index contributed by atoms with van der Waals surface area (Å²) in [4.78, 5) is 36.9. The molecule has 2 heterocycles. The molecule has 4 aromatic rings. The van der Waals surface area contributed by atoms with Crippen LogP contribution < -0.4 is 35.0 Å². The Labute approximate surface area is 249 Å². The maximum atomic E-state index is 14.2. The summed E-state index contributed by atoms with van der Waals surface area (Å²) in [6, 6.07) is 14.4. The standard InChI is InChI=1S/C31H35FN6O5/c1-20(29-34-28-24(7-6-8-26(28)42-4)30(39)38(29)36-17-15-35(2)16-18-36)37(25-14-13-23(41-3)19-27(25)43-5)31(40)33-22-11-9-21(32)10-12-22/h6-14,19-20H,15-18H2,1-5H3,(H,33,40). The van der Waals surface area contributed by atoms with Crippen molar-refractivity contribution < 1.29 is 23.4 Å². The van der Waals surface area contributed by atoms with Gasteiger partial charge in [-0.1, -0.05) is 6.07 Å². The van der Waals surface area contributed by atoms with Crippen molar-refractivity contribution in [2.45, 2.75) is 13.0 Å². The third kappa shape index (κ3) is 5.91. The molecule has 2 amide bonds. The largest absolute Gasteiger partial charge is 0.497 e. The first-order chi connectivity index (χ1) is 20.7. The van der Waals surface area contributed by atoms with E-state index in [9.17, 15) is 14.0 Å². The van der Waals surface area contributed by atoms with Crippen LogP contribution >= 0.6 is 0 Å². The van der Waals surface area contributed by atoms with Crippen LogP contribution in [0.2, 0.25) is 0 Å². The highest BCUT2D eigenvalue weighted by Gasteiger charge is 2.32. The molecule has 1 N–H and O–H groups in total. The predicted molar refractivity (Wildman–Crippen MR) is 164 cm³/mol. The summed E-state index contributed by atoms with van der Waals surface area (Å²) in [5, 5.41) is 5.21. The van der Waals surface area contributed by atoms with Gasteiger partial charge in [0.25, 0.3) is 5.56 Å². The molecule has 1 fully saturated rings. The second-order valence-electron chi connectivity index (χ2n) is 10.2. The second-order valence-corrected chi connectivity index (χ2v) is 10.2. The van der Waals surface area contributed by atoms with Crippen LogP contribution in [0, 0.1) is 5.82 Å². The van der Waals surface area contributed by atoms with E-state index in [1.807, 2.05) is 12.1 Å². The molecule has 0 spiro atoms. The minimum atomic E-state index is -0.801. The number of aromatic nitrogens is 2. The van der Waals surface area contributed by atoms with E-state index in [0.717, 1.165) is 13.1 Å². The third-order valence-electron chi connectivity index (χ3n) is 7.57. The number of rotatable bonds is 8. The van der Waals surface area contributed by atoms with Crippen molar-refractivity contribution in [3.8, 4) is 17.2 Å². The number of para-hydroxylation sites is 1. The Kier molecular flexibility index (Phi) is 8.67. The van der Waals surface area contributed by atoms with Crippen molar-refractivity contribution in [3.63, 3.8) is 0 Å². The summed E-state index contributed by atoms with van der Waals surface area (Å²) in [6.45, 7) is 4.46. The number of anilines is 2. The average molecular weight is 591 g/mol. The number of likely N-dealkylation sites (N-methyl/N-ethyl adjacent to an activating group) is 1. The van der Waals surface area contributed by atoms with E-state index >= 15 is 0 Å². The van der Waals surface area contributed by atoms with Crippen LogP contribution in [-0.2, 0) is 0 Å². The molecule has 11 nitrogen and oxygen atoms in total. The first-order valence-electron chi connectivity index (χ1n) is 13.9. The number of ether oxygens (including phenoxy) is 3. The molecule has 1 unspecified atom stereocenters. The molecule has 1 saturated heterocycles. The number of piperazine rings is 1. The SMILES string of the molecule is COc1ccc(N(C(=O)Nc2ccc(F)cc2)C(C)c2nc3c(OC)cccc3c(=O)n2N2CCN(C)CC2)c(OC)c1. The Morgan fingerprint density at radius 1 is 0.953 bits per heavy atom. The topological polar surface area (TPSA) is 101 Å². The fraction of sp³-hybridized carbons (Fsp3) is 0.323. The van der Waals surface area contributed by atoms with E-state index < -0.39 is 17.9 Å². The minimum Gasteiger partial charge on any atom is -0.497 e. The number of halogens is 1. The summed E-state index contributed by atoms with van der Waals surface area (Å²) >= 11 is 0. The lowest BCUT2D eigenvalue weighted by Gasteiger charge is -2.38. The lowest BCUT2D eigenvalue weighted by Crippen LogP contribution is -2.55. The van der Waals surface area contributed by atoms with Gasteiger partial charge in [0, 0.05) is 37.9 Å². The van der Waals surface area contributed by atoms with Crippen molar-refractivity contribution >= 4 is 28.3 Å². The van der Waals surface area contributed by atoms with Gasteiger partial charge >= 0.3 is 6.03 Å². The quantitative estimate of drug-likeness (QED) is 0.325. The normalized spacial score (nSPS) is 14.3. The van der Waals surface area contributed by atoms with Crippen molar-refractivity contribution in [1.29, 1.82) is 0 Å². The number of benzene rings is 3. The van der Waals surface area contributed by atoms with E-state index in [0.29, 0.717) is 58.4 Å². The second kappa shape index (κ2) is 12.6. The van der Waals surface area contributed by atoms with Crippen LogP contribution in [0.1, 0.15) is 18.8 Å². The maximum absolute atomic E-state index is 14.2. The molecule has 226 valence electrons. The molecule has 5 rings (SSSR count). The molecule has 0 radical (unpaired) electrons. The predicted octanol–water partition coefficient (Wildman–Crippen LogP) is 4.24. The van der Waals surface area contributed by atoms with E-state index in [-0.39, 0.29) is 5.56 Å². The van der Waals surface area contributed by atoms with Crippen LogP contribution in [0.25, 0.3) is 10.9 Å². The number of carbonyl (C=O) groups excluding carboxylic acids is 1. The molecule has 1 aromatic heterocycles. The maximum Gasteiger partial charge on any atom is 0.327 e. The monoisotopic (exact) mass is 590 g/mol. The van der Waals surface area contributed by atoms with Crippen molar-refractivity contribution in [2.75, 3.05) is 69.8 Å². The number of methoxy groups -OCH3 is 3. The van der Waals surface area contributed by atoms with Gasteiger partial charge in [-0.05, 0) is 62.5 Å². The van der Waals surface area contributed by atoms with Crippen LogP contribution in [0.4, 0.5) is 20.6 Å². The Morgan fingerprint density at radius 2 is 1.65 bits per heavy atom. The Morgan fingerprint density at radius 3 is 2.30 bits per heavy atom. The van der Waals surface area contributed by atoms with Gasteiger partial charge in [-0.15, -0.1) is 0 Å². The fourth-order valence-corrected chi connectivity index (χ4v) is 5.20. The zero-order valence-corrected chi connectivity index (χ0v) is 24.8. The Bertz CT molecular complexity index is 1670. The summed E-state index contributed by atoms with van der Waals surface area (Å²) in [5.74, 6) is 1.25. The summed E-state index contributed by atoms with van der Waals surface area (Å²) in [6.07, 6.45) is 0. The van der Waals surface area contributed by atoms with Crippen molar-refractivity contribution in [3.05, 3.63) is 82.7 Å². The number of hydrogen-bond donors (Lipinski definition) is 1. The molecule has 43 heavy (non-hydrogen) atoms. The highest BCUT2D eigenvalue weighted by atomic mass is 19.1.